The normalized spacial score (nSPS) is 22.4. The van der Waals surface area contributed by atoms with E-state index < -0.39 is 24.5 Å². The minimum Gasteiger partial charge on any atom is -0.393 e. The minimum atomic E-state index is -4.26. The van der Waals surface area contributed by atoms with Crippen LogP contribution in [-0.4, -0.2) is 102 Å². The molecule has 0 unspecified atom stereocenters. The number of nitrogens with zero attached hydrogens (tertiary/aromatic N) is 7. The maximum atomic E-state index is 13.1. The van der Waals surface area contributed by atoms with E-state index in [2.05, 4.69) is 72.6 Å². The van der Waals surface area contributed by atoms with Gasteiger partial charge in [-0.25, -0.2) is 9.78 Å². The number of carbonyl (C=O) groups excluding carboxylic acids is 2. The van der Waals surface area contributed by atoms with Crippen molar-refractivity contribution in [1.29, 1.82) is 0 Å². The number of imide groups is 1. The first-order valence-electron chi connectivity index (χ1n) is 22.3. The van der Waals surface area contributed by atoms with Gasteiger partial charge in [0, 0.05) is 69.0 Å². The van der Waals surface area contributed by atoms with Crippen molar-refractivity contribution >= 4 is 39.8 Å². The Morgan fingerprint density at radius 3 is 2.35 bits per heavy atom. The molecule has 62 heavy (non-hydrogen) atoms. The maximum Gasteiger partial charge on any atom is 0.390 e. The molecule has 4 fully saturated rings. The molecule has 2 aromatic carbocycles. The number of nitrogens with one attached hydrogen (secondary N) is 2. The highest BCUT2D eigenvalue weighted by Gasteiger charge is 2.35. The number of amides is 2. The molecule has 16 heteroatoms. The molecule has 3 saturated heterocycles. The number of aliphatic hydroxyl groups excluding tert-OH is 1. The maximum absolute atomic E-state index is 13.1. The summed E-state index contributed by atoms with van der Waals surface area (Å²) in [7, 11) is 1.73. The van der Waals surface area contributed by atoms with Gasteiger partial charge >= 0.3 is 11.9 Å². The number of halogens is 3. The van der Waals surface area contributed by atoms with Gasteiger partial charge in [-0.15, -0.1) is 0 Å². The summed E-state index contributed by atoms with van der Waals surface area (Å²) in [6, 6.07) is 14.2. The highest BCUT2D eigenvalue weighted by Crippen LogP contribution is 2.38. The van der Waals surface area contributed by atoms with Gasteiger partial charge in [-0.2, -0.15) is 18.2 Å². The molecular weight excluding hydrogens is 800 g/mol. The number of fused-ring (bicyclic) bond motifs is 2. The SMILES string of the molecule is Cn1c(=O)n([C@H]2CCC(=O)NC2=O)c2ccc(CCCN3CC(C4CCN(Cc5ccc(-c6cn([C@H]7CC[C@H](O)CC7)c7nc(NCCC(F)(F)F)ncc67)cc5)CC4)C3)cc21. The van der Waals surface area contributed by atoms with Crippen LogP contribution < -0.4 is 16.3 Å². The summed E-state index contributed by atoms with van der Waals surface area (Å²) in [6.45, 7) is 6.11. The van der Waals surface area contributed by atoms with Crippen molar-refractivity contribution in [2.75, 3.05) is 44.6 Å². The molecule has 1 atom stereocenters. The van der Waals surface area contributed by atoms with Crippen molar-refractivity contribution in [2.45, 2.75) is 102 Å². The summed E-state index contributed by atoms with van der Waals surface area (Å²) in [5, 5.41) is 16.1. The lowest BCUT2D eigenvalue weighted by molar-refractivity contribution is -0.136. The third-order valence-corrected chi connectivity index (χ3v) is 13.9. The number of aryl methyl sites for hydroxylation is 2. The molecule has 3 aliphatic heterocycles. The summed E-state index contributed by atoms with van der Waals surface area (Å²) in [4.78, 5) is 51.5. The molecule has 1 saturated carbocycles. The van der Waals surface area contributed by atoms with E-state index in [0.717, 1.165) is 104 Å². The standard InChI is InChI=1S/C46H56F3N9O4/c1-54-40-23-29(6-13-38(40)58(45(54)62)39-14-15-41(60)52-43(39)61)3-2-20-56-26-33(27-56)31-16-21-55(22-17-31)25-30-4-7-32(8-5-30)37-28-57(34-9-11-35(59)12-10-34)42-36(37)24-51-44(53-42)50-19-18-46(47,48)49/h4-8,13,23-24,28,31,33-35,39,59H,2-3,9-12,14-22,25-27H2,1H3,(H,50,51,53)(H,52,60,61)/t34-,35-,39-/m0/s1. The van der Waals surface area contributed by atoms with Gasteiger partial charge in [-0.3, -0.25) is 28.9 Å². The lowest BCUT2D eigenvalue weighted by Gasteiger charge is -2.46. The van der Waals surface area contributed by atoms with Gasteiger partial charge in [0.1, 0.15) is 11.7 Å². The van der Waals surface area contributed by atoms with Crippen LogP contribution in [0.4, 0.5) is 19.1 Å². The van der Waals surface area contributed by atoms with Crippen LogP contribution in [0.1, 0.15) is 87.4 Å². The highest BCUT2D eigenvalue weighted by atomic mass is 19.4. The van der Waals surface area contributed by atoms with Crippen LogP contribution in [-0.2, 0) is 29.6 Å². The van der Waals surface area contributed by atoms with Crippen molar-refractivity contribution in [2.24, 2.45) is 18.9 Å². The summed E-state index contributed by atoms with van der Waals surface area (Å²) >= 11 is 0. The predicted octanol–water partition coefficient (Wildman–Crippen LogP) is 6.35. The van der Waals surface area contributed by atoms with Crippen molar-refractivity contribution in [1.82, 2.24) is 38.8 Å². The fraction of sp³-hybridized carbons (Fsp3) is 0.543. The van der Waals surface area contributed by atoms with Crippen molar-refractivity contribution < 1.29 is 27.9 Å². The molecule has 3 N–H and O–H groups in total. The van der Waals surface area contributed by atoms with Gasteiger partial charge in [0.15, 0.2) is 0 Å². The van der Waals surface area contributed by atoms with E-state index in [9.17, 15) is 32.7 Å². The predicted molar refractivity (Wildman–Crippen MR) is 230 cm³/mol. The van der Waals surface area contributed by atoms with Crippen LogP contribution in [0.15, 0.2) is 59.7 Å². The number of alkyl halides is 3. The van der Waals surface area contributed by atoms with Crippen LogP contribution in [0, 0.1) is 11.8 Å². The number of rotatable bonds is 13. The zero-order chi connectivity index (χ0) is 43.1. The van der Waals surface area contributed by atoms with E-state index in [1.54, 1.807) is 17.8 Å². The Kier molecular flexibility index (Phi) is 12.0. The number of hydrogen-bond acceptors (Lipinski definition) is 9. The number of hydrogen-bond donors (Lipinski definition) is 3. The average molecular weight is 856 g/mol. The van der Waals surface area contributed by atoms with Crippen LogP contribution >= 0.6 is 0 Å². The molecule has 0 bridgehead atoms. The summed E-state index contributed by atoms with van der Waals surface area (Å²) in [5.74, 6) is 0.948. The van der Waals surface area contributed by atoms with Gasteiger partial charge in [-0.05, 0) is 118 Å². The van der Waals surface area contributed by atoms with Gasteiger partial charge in [-0.1, -0.05) is 30.3 Å². The largest absolute Gasteiger partial charge is 0.393 e. The minimum absolute atomic E-state index is 0.140. The molecule has 4 aliphatic rings. The first-order valence-corrected chi connectivity index (χ1v) is 22.3. The second-order valence-corrected chi connectivity index (χ2v) is 18.1. The van der Waals surface area contributed by atoms with Crippen molar-refractivity contribution in [3.05, 3.63) is 76.5 Å². The lowest BCUT2D eigenvalue weighted by Crippen LogP contribution is -2.52. The molecule has 1 aliphatic carbocycles. The molecule has 9 rings (SSSR count). The number of aliphatic hydroxyl groups is 1. The van der Waals surface area contributed by atoms with Crippen LogP contribution in [0.5, 0.6) is 0 Å². The average Bonchev–Trinajstić information content (AvgIpc) is 3.73. The van der Waals surface area contributed by atoms with Gasteiger partial charge in [0.05, 0.1) is 23.6 Å². The Morgan fingerprint density at radius 2 is 1.63 bits per heavy atom. The molecule has 3 aromatic heterocycles. The number of imidazole rings is 1. The Bertz CT molecular complexity index is 2470. The van der Waals surface area contributed by atoms with Crippen molar-refractivity contribution in [3.63, 3.8) is 0 Å². The molecular formula is C46H56F3N9O4. The van der Waals surface area contributed by atoms with E-state index in [-0.39, 0.29) is 42.7 Å². The van der Waals surface area contributed by atoms with Crippen LogP contribution in [0.25, 0.3) is 33.2 Å². The quantitative estimate of drug-likeness (QED) is 0.116. The fourth-order valence-corrected chi connectivity index (χ4v) is 10.3. The smallest absolute Gasteiger partial charge is 0.390 e. The number of carbonyl (C=O) groups is 2. The zero-order valence-electron chi connectivity index (χ0n) is 35.2. The van der Waals surface area contributed by atoms with E-state index >= 15 is 0 Å². The number of aromatic nitrogens is 5. The molecule has 5 aromatic rings. The number of piperidine rings is 2. The highest BCUT2D eigenvalue weighted by molar-refractivity contribution is 6.00. The second-order valence-electron chi connectivity index (χ2n) is 18.1. The Morgan fingerprint density at radius 1 is 0.887 bits per heavy atom. The fourth-order valence-electron chi connectivity index (χ4n) is 10.3. The summed E-state index contributed by atoms with van der Waals surface area (Å²) in [5.41, 5.74) is 6.42. The Balaban J connectivity index is 0.747. The molecule has 0 spiro atoms. The zero-order valence-corrected chi connectivity index (χ0v) is 35.2. The van der Waals surface area contributed by atoms with E-state index in [0.29, 0.717) is 24.9 Å². The molecule has 6 heterocycles. The van der Waals surface area contributed by atoms with E-state index in [4.69, 9.17) is 4.98 Å². The first-order chi connectivity index (χ1) is 29.9. The van der Waals surface area contributed by atoms with Gasteiger partial charge in [0.25, 0.3) is 0 Å². The Labute approximate surface area is 358 Å². The van der Waals surface area contributed by atoms with Crippen LogP contribution in [0.2, 0.25) is 0 Å². The number of benzene rings is 2. The molecule has 0 radical (unpaired) electrons. The number of likely N-dealkylation sites (tertiary alicyclic amines) is 2. The van der Waals surface area contributed by atoms with E-state index in [1.807, 2.05) is 6.07 Å². The number of anilines is 1. The van der Waals surface area contributed by atoms with Gasteiger partial charge < -0.3 is 19.9 Å². The Hall–Kier alpha value is -5.06. The topological polar surface area (TPSA) is 143 Å². The second kappa shape index (κ2) is 17.6. The monoisotopic (exact) mass is 855 g/mol. The van der Waals surface area contributed by atoms with Crippen molar-refractivity contribution in [3.8, 4) is 11.1 Å². The van der Waals surface area contributed by atoms with Crippen LogP contribution in [0.3, 0.4) is 0 Å². The molecule has 2 amide bonds. The molecule has 330 valence electrons. The lowest BCUT2D eigenvalue weighted by atomic mass is 9.79. The first kappa shape index (κ1) is 42.3. The third kappa shape index (κ3) is 9.04. The van der Waals surface area contributed by atoms with E-state index in [1.165, 1.54) is 28.5 Å². The third-order valence-electron chi connectivity index (χ3n) is 13.9. The molecule has 13 nitrogen and oxygen atoms in total. The summed E-state index contributed by atoms with van der Waals surface area (Å²) < 4.78 is 43.7. The summed E-state index contributed by atoms with van der Waals surface area (Å²) in [6.07, 6.45) is 6.19. The van der Waals surface area contributed by atoms with Gasteiger partial charge in [0.2, 0.25) is 17.8 Å².